The summed E-state index contributed by atoms with van der Waals surface area (Å²) in [6, 6.07) is 17.4. The third kappa shape index (κ3) is 6.95. The van der Waals surface area contributed by atoms with Crippen LogP contribution in [0.1, 0.15) is 11.1 Å². The molecular formula is C20H26N2O3. The fourth-order valence-corrected chi connectivity index (χ4v) is 2.44. The van der Waals surface area contributed by atoms with E-state index in [4.69, 9.17) is 15.2 Å². The molecule has 1 amide bonds. The Labute approximate surface area is 149 Å². The molecule has 2 N–H and O–H groups in total. The summed E-state index contributed by atoms with van der Waals surface area (Å²) < 4.78 is 10.5. The topological polar surface area (TPSA) is 64.8 Å². The van der Waals surface area contributed by atoms with Gasteiger partial charge in [0.15, 0.2) is 0 Å². The van der Waals surface area contributed by atoms with E-state index in [9.17, 15) is 4.79 Å². The summed E-state index contributed by atoms with van der Waals surface area (Å²) in [5.41, 5.74) is 8.46. The third-order valence-corrected chi connectivity index (χ3v) is 3.84. The lowest BCUT2D eigenvalue weighted by Crippen LogP contribution is -2.35. The molecule has 2 aromatic carbocycles. The highest BCUT2D eigenvalue weighted by atomic mass is 16.5. The molecule has 0 aliphatic heterocycles. The molecule has 2 rings (SSSR count). The van der Waals surface area contributed by atoms with Crippen LogP contribution in [0.15, 0.2) is 54.6 Å². The van der Waals surface area contributed by atoms with Crippen molar-refractivity contribution < 1.29 is 14.3 Å². The van der Waals surface area contributed by atoms with Gasteiger partial charge in [0.2, 0.25) is 5.91 Å². The van der Waals surface area contributed by atoms with Crippen LogP contribution in [0.3, 0.4) is 0 Å². The second kappa shape index (κ2) is 10.5. The van der Waals surface area contributed by atoms with Crippen LogP contribution in [-0.4, -0.2) is 44.3 Å². The maximum absolute atomic E-state index is 12.7. The quantitative estimate of drug-likeness (QED) is 0.532. The lowest BCUT2D eigenvalue weighted by atomic mass is 10.1. The molecule has 0 aromatic heterocycles. The average Bonchev–Trinajstić information content (AvgIpc) is 2.63. The first-order valence-electron chi connectivity index (χ1n) is 8.42. The van der Waals surface area contributed by atoms with Gasteiger partial charge in [-0.05, 0) is 23.3 Å². The Balaban J connectivity index is 1.96. The van der Waals surface area contributed by atoms with E-state index < -0.39 is 0 Å². The van der Waals surface area contributed by atoms with Gasteiger partial charge in [0.05, 0.1) is 26.2 Å². The molecule has 5 heteroatoms. The van der Waals surface area contributed by atoms with Crippen molar-refractivity contribution >= 4 is 11.6 Å². The van der Waals surface area contributed by atoms with Crippen molar-refractivity contribution in [3.8, 4) is 0 Å². The van der Waals surface area contributed by atoms with Gasteiger partial charge in [0, 0.05) is 25.9 Å². The summed E-state index contributed by atoms with van der Waals surface area (Å²) in [6.07, 6.45) is 0.352. The number of nitrogens with two attached hydrogens (primary N) is 1. The van der Waals surface area contributed by atoms with Gasteiger partial charge in [-0.3, -0.25) is 4.79 Å². The lowest BCUT2D eigenvalue weighted by Gasteiger charge is -2.23. The molecule has 0 aliphatic carbocycles. The zero-order valence-corrected chi connectivity index (χ0v) is 14.7. The maximum Gasteiger partial charge on any atom is 0.227 e. The molecule has 2 aromatic rings. The van der Waals surface area contributed by atoms with Crippen molar-refractivity contribution in [2.45, 2.75) is 13.0 Å². The number of benzene rings is 2. The van der Waals surface area contributed by atoms with Gasteiger partial charge < -0.3 is 20.1 Å². The third-order valence-electron chi connectivity index (χ3n) is 3.84. The molecule has 0 radical (unpaired) electrons. The van der Waals surface area contributed by atoms with Crippen molar-refractivity contribution in [3.63, 3.8) is 0 Å². The normalized spacial score (nSPS) is 10.6. The molecule has 0 saturated heterocycles. The fraction of sp³-hybridized carbons (Fsp3) is 0.350. The minimum atomic E-state index is 0.0731. The number of nitrogen functional groups attached to an aromatic ring is 1. The first kappa shape index (κ1) is 19.0. The van der Waals surface area contributed by atoms with Crippen LogP contribution in [-0.2, 0) is 27.2 Å². The Bertz CT molecular complexity index is 629. The predicted octanol–water partition coefficient (Wildman–Crippen LogP) is 2.50. The van der Waals surface area contributed by atoms with Gasteiger partial charge in [-0.15, -0.1) is 0 Å². The Kier molecular flexibility index (Phi) is 7.95. The summed E-state index contributed by atoms with van der Waals surface area (Å²) >= 11 is 0. The van der Waals surface area contributed by atoms with Gasteiger partial charge in [-0.25, -0.2) is 0 Å². The second-order valence-electron chi connectivity index (χ2n) is 5.82. The average molecular weight is 342 g/mol. The first-order chi connectivity index (χ1) is 12.2. The van der Waals surface area contributed by atoms with Gasteiger partial charge in [-0.1, -0.05) is 42.5 Å². The predicted molar refractivity (Wildman–Crippen MR) is 99.1 cm³/mol. The number of rotatable bonds is 10. The summed E-state index contributed by atoms with van der Waals surface area (Å²) in [7, 11) is 1.64. The molecular weight excluding hydrogens is 316 g/mol. The van der Waals surface area contributed by atoms with Crippen LogP contribution < -0.4 is 5.73 Å². The number of carbonyl (C=O) groups excluding carboxylic acids is 1. The highest BCUT2D eigenvalue weighted by molar-refractivity contribution is 5.79. The van der Waals surface area contributed by atoms with Crippen LogP contribution in [0, 0.1) is 0 Å². The van der Waals surface area contributed by atoms with Crippen molar-refractivity contribution in [2.24, 2.45) is 0 Å². The van der Waals surface area contributed by atoms with Gasteiger partial charge in [0.25, 0.3) is 0 Å². The Morgan fingerprint density at radius 1 is 0.960 bits per heavy atom. The summed E-state index contributed by atoms with van der Waals surface area (Å²) in [6.45, 7) is 2.69. The smallest absolute Gasteiger partial charge is 0.227 e. The minimum absolute atomic E-state index is 0.0731. The van der Waals surface area contributed by atoms with Crippen LogP contribution in [0.5, 0.6) is 0 Å². The van der Waals surface area contributed by atoms with E-state index in [2.05, 4.69) is 0 Å². The van der Waals surface area contributed by atoms with E-state index in [1.807, 2.05) is 59.5 Å². The number of hydrogen-bond donors (Lipinski definition) is 1. The molecule has 0 bridgehead atoms. The van der Waals surface area contributed by atoms with Crippen LogP contribution in [0.4, 0.5) is 5.69 Å². The lowest BCUT2D eigenvalue weighted by molar-refractivity contribution is -0.132. The van der Waals surface area contributed by atoms with E-state index in [-0.39, 0.29) is 5.91 Å². The van der Waals surface area contributed by atoms with Gasteiger partial charge in [-0.2, -0.15) is 0 Å². The molecule has 0 atom stereocenters. The first-order valence-corrected chi connectivity index (χ1v) is 8.42. The van der Waals surface area contributed by atoms with E-state index in [0.29, 0.717) is 45.0 Å². The number of nitrogens with zero attached hydrogens (tertiary/aromatic N) is 1. The van der Waals surface area contributed by atoms with E-state index in [1.165, 1.54) is 0 Å². The Morgan fingerprint density at radius 2 is 1.68 bits per heavy atom. The molecule has 0 unspecified atom stereocenters. The maximum atomic E-state index is 12.7. The molecule has 0 fully saturated rings. The van der Waals surface area contributed by atoms with Crippen molar-refractivity contribution in [1.29, 1.82) is 0 Å². The number of amides is 1. The summed E-state index contributed by atoms with van der Waals surface area (Å²) in [4.78, 5) is 14.6. The summed E-state index contributed by atoms with van der Waals surface area (Å²) in [5.74, 6) is 0.0731. The highest BCUT2D eigenvalue weighted by Crippen LogP contribution is 2.10. The van der Waals surface area contributed by atoms with Crippen LogP contribution in [0.25, 0.3) is 0 Å². The Morgan fingerprint density at radius 3 is 2.36 bits per heavy atom. The number of ether oxygens (including phenoxy) is 2. The van der Waals surface area contributed by atoms with Crippen LogP contribution in [0.2, 0.25) is 0 Å². The summed E-state index contributed by atoms with van der Waals surface area (Å²) in [5, 5.41) is 0. The Hall–Kier alpha value is -2.37. The van der Waals surface area contributed by atoms with Crippen molar-refractivity contribution in [1.82, 2.24) is 4.90 Å². The van der Waals surface area contributed by atoms with Crippen molar-refractivity contribution in [2.75, 3.05) is 39.2 Å². The van der Waals surface area contributed by atoms with E-state index in [1.54, 1.807) is 7.11 Å². The van der Waals surface area contributed by atoms with Crippen molar-refractivity contribution in [3.05, 3.63) is 65.7 Å². The SMILES string of the molecule is COCCOCCN(Cc1ccccc1)C(=O)Cc1ccc(N)cc1. The van der Waals surface area contributed by atoms with Gasteiger partial charge >= 0.3 is 0 Å². The second-order valence-corrected chi connectivity index (χ2v) is 5.82. The monoisotopic (exact) mass is 342 g/mol. The number of hydrogen-bond acceptors (Lipinski definition) is 4. The standard InChI is InChI=1S/C20H26N2O3/c1-24-13-14-25-12-11-22(16-18-5-3-2-4-6-18)20(23)15-17-7-9-19(21)10-8-17/h2-10H,11-16,21H2,1H3. The largest absolute Gasteiger partial charge is 0.399 e. The molecule has 5 nitrogen and oxygen atoms in total. The molecule has 0 aliphatic rings. The molecule has 0 spiro atoms. The molecule has 25 heavy (non-hydrogen) atoms. The zero-order valence-electron chi connectivity index (χ0n) is 14.7. The number of methoxy groups -OCH3 is 1. The molecule has 0 saturated carbocycles. The number of carbonyl (C=O) groups is 1. The zero-order chi connectivity index (χ0) is 17.9. The highest BCUT2D eigenvalue weighted by Gasteiger charge is 2.14. The van der Waals surface area contributed by atoms with E-state index in [0.717, 1.165) is 11.1 Å². The molecule has 134 valence electrons. The van der Waals surface area contributed by atoms with E-state index >= 15 is 0 Å². The minimum Gasteiger partial charge on any atom is -0.399 e. The van der Waals surface area contributed by atoms with Crippen LogP contribution >= 0.6 is 0 Å². The van der Waals surface area contributed by atoms with Gasteiger partial charge in [0.1, 0.15) is 0 Å². The fourth-order valence-electron chi connectivity index (χ4n) is 2.44. The molecule has 0 heterocycles. The number of anilines is 1.